The van der Waals surface area contributed by atoms with E-state index in [1.807, 2.05) is 0 Å². The van der Waals surface area contributed by atoms with Gasteiger partial charge < -0.3 is 5.32 Å². The van der Waals surface area contributed by atoms with Gasteiger partial charge in [0.2, 0.25) is 17.8 Å². The fourth-order valence-electron chi connectivity index (χ4n) is 2.06. The predicted molar refractivity (Wildman–Crippen MR) is 89.3 cm³/mol. The number of nitrogens with zero attached hydrogens (tertiary/aromatic N) is 3. The molecule has 2 heterocycles. The normalized spacial score (nSPS) is 12.0. The van der Waals surface area contributed by atoms with Crippen LogP contribution in [0.25, 0.3) is 0 Å². The predicted octanol–water partition coefficient (Wildman–Crippen LogP) is 2.94. The lowest BCUT2D eigenvalue weighted by molar-refractivity contribution is -0.114. The maximum Gasteiger partial charge on any atom is 0.234 e. The molecule has 118 valence electrons. The molecule has 0 fully saturated rings. The number of carbonyl (C=O) groups is 1. The molecule has 2 N–H and O–H groups in total. The van der Waals surface area contributed by atoms with Gasteiger partial charge in [0.1, 0.15) is 5.82 Å². The number of rotatable bonds is 6. The summed E-state index contributed by atoms with van der Waals surface area (Å²) in [5.74, 6) is 1.15. The van der Waals surface area contributed by atoms with Crippen molar-refractivity contribution >= 4 is 29.1 Å². The van der Waals surface area contributed by atoms with Crippen LogP contribution in [-0.2, 0) is 11.2 Å². The van der Waals surface area contributed by atoms with Gasteiger partial charge in [-0.25, -0.2) is 0 Å². The lowest BCUT2D eigenvalue weighted by atomic mass is 10.1. The Morgan fingerprint density at radius 1 is 1.27 bits per heavy atom. The molecule has 0 saturated carbocycles. The largest absolute Gasteiger partial charge is 0.352 e. The highest BCUT2D eigenvalue weighted by Gasteiger charge is 2.09. The van der Waals surface area contributed by atoms with E-state index in [0.717, 1.165) is 12.8 Å². The number of hydrogen-bond donors (Lipinski definition) is 2. The molecule has 0 saturated heterocycles. The van der Waals surface area contributed by atoms with Gasteiger partial charge in [0.15, 0.2) is 0 Å². The second-order valence-corrected chi connectivity index (χ2v) is 6.32. The molecule has 0 aliphatic rings. The standard InChI is InChI=1S/C15H21N5OS/c1-9-7-8-22-13(9)6-5-10(2)16-14-17-11(3)18-15(20-14)19-12(4)21/h7-8,10H,5-6H2,1-4H3,(H2,16,17,18,19,20,21). The Labute approximate surface area is 134 Å². The second kappa shape index (κ2) is 7.31. The van der Waals surface area contributed by atoms with E-state index >= 15 is 0 Å². The molecule has 2 aromatic rings. The highest BCUT2D eigenvalue weighted by molar-refractivity contribution is 7.10. The summed E-state index contributed by atoms with van der Waals surface area (Å²) in [5, 5.41) is 7.97. The smallest absolute Gasteiger partial charge is 0.234 e. The van der Waals surface area contributed by atoms with Crippen LogP contribution in [-0.4, -0.2) is 26.9 Å². The van der Waals surface area contributed by atoms with E-state index in [-0.39, 0.29) is 17.9 Å². The third-order valence-corrected chi connectivity index (χ3v) is 4.27. The maximum atomic E-state index is 11.1. The first-order valence-electron chi connectivity index (χ1n) is 7.24. The van der Waals surface area contributed by atoms with Crippen LogP contribution in [0, 0.1) is 13.8 Å². The van der Waals surface area contributed by atoms with E-state index < -0.39 is 0 Å². The number of carbonyl (C=O) groups excluding carboxylic acids is 1. The molecule has 7 heteroatoms. The third-order valence-electron chi connectivity index (χ3n) is 3.18. The first kappa shape index (κ1) is 16.4. The summed E-state index contributed by atoms with van der Waals surface area (Å²) < 4.78 is 0. The van der Waals surface area contributed by atoms with E-state index in [9.17, 15) is 4.79 Å². The van der Waals surface area contributed by atoms with Gasteiger partial charge in [0.05, 0.1) is 0 Å². The third kappa shape index (κ3) is 4.77. The highest BCUT2D eigenvalue weighted by atomic mass is 32.1. The zero-order valence-corrected chi connectivity index (χ0v) is 14.1. The molecule has 2 aromatic heterocycles. The van der Waals surface area contributed by atoms with E-state index in [4.69, 9.17) is 0 Å². The van der Waals surface area contributed by atoms with Gasteiger partial charge in [-0.05, 0) is 50.6 Å². The highest BCUT2D eigenvalue weighted by Crippen LogP contribution is 2.18. The van der Waals surface area contributed by atoms with Crippen LogP contribution >= 0.6 is 11.3 Å². The van der Waals surface area contributed by atoms with Gasteiger partial charge in [0.25, 0.3) is 0 Å². The number of anilines is 2. The van der Waals surface area contributed by atoms with Gasteiger partial charge in [0, 0.05) is 17.8 Å². The van der Waals surface area contributed by atoms with Gasteiger partial charge in [-0.2, -0.15) is 15.0 Å². The van der Waals surface area contributed by atoms with Crippen molar-refractivity contribution in [1.29, 1.82) is 0 Å². The molecule has 0 spiro atoms. The average Bonchev–Trinajstić information content (AvgIpc) is 2.80. The molecule has 0 bridgehead atoms. The summed E-state index contributed by atoms with van der Waals surface area (Å²) in [5.41, 5.74) is 1.35. The summed E-state index contributed by atoms with van der Waals surface area (Å²) in [6.07, 6.45) is 2.02. The molecule has 6 nitrogen and oxygen atoms in total. The molecule has 0 radical (unpaired) electrons. The van der Waals surface area contributed by atoms with Crippen LogP contribution in [0.4, 0.5) is 11.9 Å². The molecule has 1 atom stereocenters. The lowest BCUT2D eigenvalue weighted by Gasteiger charge is -2.14. The van der Waals surface area contributed by atoms with Crippen molar-refractivity contribution in [2.24, 2.45) is 0 Å². The Bertz CT molecular complexity index is 655. The second-order valence-electron chi connectivity index (χ2n) is 5.32. The van der Waals surface area contributed by atoms with Crippen molar-refractivity contribution in [2.45, 2.75) is 46.6 Å². The minimum atomic E-state index is -0.197. The summed E-state index contributed by atoms with van der Waals surface area (Å²) >= 11 is 1.79. The van der Waals surface area contributed by atoms with Gasteiger partial charge >= 0.3 is 0 Å². The quantitative estimate of drug-likeness (QED) is 0.855. The summed E-state index contributed by atoms with van der Waals surface area (Å²) in [6, 6.07) is 2.38. The van der Waals surface area contributed by atoms with E-state index in [1.54, 1.807) is 18.3 Å². The Morgan fingerprint density at radius 2 is 2.00 bits per heavy atom. The summed E-state index contributed by atoms with van der Waals surface area (Å²) in [4.78, 5) is 25.1. The monoisotopic (exact) mass is 319 g/mol. The Hall–Kier alpha value is -2.02. The zero-order chi connectivity index (χ0) is 16.1. The maximum absolute atomic E-state index is 11.1. The van der Waals surface area contributed by atoms with Gasteiger partial charge in [-0.3, -0.25) is 10.1 Å². The van der Waals surface area contributed by atoms with Gasteiger partial charge in [-0.1, -0.05) is 0 Å². The molecule has 1 amide bonds. The van der Waals surface area contributed by atoms with Crippen molar-refractivity contribution < 1.29 is 4.79 Å². The number of hydrogen-bond acceptors (Lipinski definition) is 6. The average molecular weight is 319 g/mol. The first-order valence-corrected chi connectivity index (χ1v) is 8.12. The molecular weight excluding hydrogens is 298 g/mol. The number of nitrogens with one attached hydrogen (secondary N) is 2. The first-order chi connectivity index (χ1) is 10.4. The van der Waals surface area contributed by atoms with Crippen molar-refractivity contribution in [2.75, 3.05) is 10.6 Å². The molecule has 1 unspecified atom stereocenters. The van der Waals surface area contributed by atoms with Crippen LogP contribution in [0.5, 0.6) is 0 Å². The van der Waals surface area contributed by atoms with E-state index in [0.29, 0.717) is 11.8 Å². The molecule has 0 aromatic carbocycles. The van der Waals surface area contributed by atoms with Crippen molar-refractivity contribution in [3.05, 3.63) is 27.7 Å². The van der Waals surface area contributed by atoms with Crippen molar-refractivity contribution in [1.82, 2.24) is 15.0 Å². The SMILES string of the molecule is CC(=O)Nc1nc(C)nc(NC(C)CCc2sccc2C)n1. The molecule has 0 aliphatic carbocycles. The number of thiophene rings is 1. The van der Waals surface area contributed by atoms with Crippen LogP contribution in [0.1, 0.15) is 36.5 Å². The van der Waals surface area contributed by atoms with Gasteiger partial charge in [-0.15, -0.1) is 11.3 Å². The lowest BCUT2D eigenvalue weighted by Crippen LogP contribution is -2.20. The Morgan fingerprint density at radius 3 is 2.64 bits per heavy atom. The van der Waals surface area contributed by atoms with E-state index in [1.165, 1.54) is 17.4 Å². The number of aryl methyl sites for hydroxylation is 3. The molecular formula is C15H21N5OS. The van der Waals surface area contributed by atoms with Crippen molar-refractivity contribution in [3.8, 4) is 0 Å². The Kier molecular flexibility index (Phi) is 5.43. The van der Waals surface area contributed by atoms with Crippen LogP contribution in [0.15, 0.2) is 11.4 Å². The number of amides is 1. The minimum absolute atomic E-state index is 0.197. The zero-order valence-electron chi connectivity index (χ0n) is 13.3. The van der Waals surface area contributed by atoms with Crippen LogP contribution in [0.3, 0.4) is 0 Å². The van der Waals surface area contributed by atoms with Crippen LogP contribution < -0.4 is 10.6 Å². The summed E-state index contributed by atoms with van der Waals surface area (Å²) in [7, 11) is 0. The van der Waals surface area contributed by atoms with Crippen molar-refractivity contribution in [3.63, 3.8) is 0 Å². The Balaban J connectivity index is 1.95. The molecule has 22 heavy (non-hydrogen) atoms. The van der Waals surface area contributed by atoms with E-state index in [2.05, 4.69) is 50.9 Å². The molecule has 0 aliphatic heterocycles. The van der Waals surface area contributed by atoms with Crippen LogP contribution in [0.2, 0.25) is 0 Å². The summed E-state index contributed by atoms with van der Waals surface area (Å²) in [6.45, 7) is 7.44. The topological polar surface area (TPSA) is 79.8 Å². The number of aromatic nitrogens is 3. The fourth-order valence-corrected chi connectivity index (χ4v) is 2.99. The fraction of sp³-hybridized carbons (Fsp3) is 0.467. The minimum Gasteiger partial charge on any atom is -0.352 e. The molecule has 2 rings (SSSR count).